The van der Waals surface area contributed by atoms with Crippen LogP contribution in [-0.2, 0) is 4.79 Å². The maximum Gasteiger partial charge on any atom is 0.266 e. The van der Waals surface area contributed by atoms with E-state index in [2.05, 4.69) is 15.5 Å². The number of aryl methyl sites for hydroxylation is 1. The van der Waals surface area contributed by atoms with Crippen molar-refractivity contribution in [2.24, 2.45) is 5.10 Å². The topological polar surface area (TPSA) is 96.6 Å². The number of hydrogen-bond acceptors (Lipinski definition) is 6. The van der Waals surface area contributed by atoms with E-state index >= 15 is 0 Å². The number of rotatable bonds is 6. The summed E-state index contributed by atoms with van der Waals surface area (Å²) >= 11 is 1.15. The predicted molar refractivity (Wildman–Crippen MR) is 131 cm³/mol. The van der Waals surface area contributed by atoms with Crippen LogP contribution < -0.4 is 11.0 Å². The van der Waals surface area contributed by atoms with Crippen molar-refractivity contribution < 1.29 is 9.90 Å². The van der Waals surface area contributed by atoms with Crippen LogP contribution in [0.1, 0.15) is 18.1 Å². The lowest BCUT2D eigenvalue weighted by molar-refractivity contribution is -0.118. The Labute approximate surface area is 194 Å². The van der Waals surface area contributed by atoms with Crippen LogP contribution in [-0.4, -0.2) is 32.0 Å². The number of carbonyl (C=O) groups excluding carboxylic acids is 1. The van der Waals surface area contributed by atoms with Gasteiger partial charge in [0.1, 0.15) is 5.75 Å². The molecule has 0 aliphatic carbocycles. The number of para-hydroxylation sites is 2. The fourth-order valence-corrected chi connectivity index (χ4v) is 4.08. The van der Waals surface area contributed by atoms with Crippen molar-refractivity contribution in [3.63, 3.8) is 0 Å². The molecule has 0 saturated carbocycles. The summed E-state index contributed by atoms with van der Waals surface area (Å²) in [7, 11) is 0. The van der Waals surface area contributed by atoms with Crippen molar-refractivity contribution in [1.29, 1.82) is 0 Å². The summed E-state index contributed by atoms with van der Waals surface area (Å²) in [6, 6.07) is 21.5. The van der Waals surface area contributed by atoms with Crippen LogP contribution in [0.3, 0.4) is 0 Å². The van der Waals surface area contributed by atoms with E-state index in [9.17, 15) is 14.7 Å². The number of thioether (sulfide) groups is 1. The second-order valence-electron chi connectivity index (χ2n) is 7.43. The average Bonchev–Trinajstić information content (AvgIpc) is 2.82. The summed E-state index contributed by atoms with van der Waals surface area (Å²) in [5.74, 6) is -0.258. The van der Waals surface area contributed by atoms with Crippen LogP contribution in [0.4, 0.5) is 0 Å². The van der Waals surface area contributed by atoms with Gasteiger partial charge in [-0.15, -0.1) is 0 Å². The molecule has 8 heteroatoms. The average molecular weight is 459 g/mol. The Kier molecular flexibility index (Phi) is 6.55. The first kappa shape index (κ1) is 22.3. The van der Waals surface area contributed by atoms with Gasteiger partial charge in [-0.3, -0.25) is 14.2 Å². The fraction of sp³-hybridized carbons (Fsp3) is 0.120. The van der Waals surface area contributed by atoms with Gasteiger partial charge in [-0.05, 0) is 50.2 Å². The van der Waals surface area contributed by atoms with Gasteiger partial charge in [0.05, 0.1) is 28.1 Å². The Morgan fingerprint density at radius 3 is 2.52 bits per heavy atom. The molecule has 0 bridgehead atoms. The summed E-state index contributed by atoms with van der Waals surface area (Å²) in [4.78, 5) is 30.3. The lowest BCUT2D eigenvalue weighted by Crippen LogP contribution is -2.24. The molecule has 1 aromatic heterocycles. The number of aromatic nitrogens is 2. The summed E-state index contributed by atoms with van der Waals surface area (Å²) in [5.41, 5.74) is 5.65. The van der Waals surface area contributed by atoms with E-state index in [4.69, 9.17) is 0 Å². The molecule has 0 aliphatic heterocycles. The van der Waals surface area contributed by atoms with Crippen LogP contribution in [0.5, 0.6) is 5.75 Å². The summed E-state index contributed by atoms with van der Waals surface area (Å²) < 4.78 is 1.52. The highest BCUT2D eigenvalue weighted by molar-refractivity contribution is 7.99. The zero-order valence-electron chi connectivity index (χ0n) is 18.1. The maximum atomic E-state index is 13.2. The minimum atomic E-state index is -0.354. The Hall–Kier alpha value is -3.91. The van der Waals surface area contributed by atoms with Crippen molar-refractivity contribution in [1.82, 2.24) is 15.0 Å². The number of benzene rings is 3. The summed E-state index contributed by atoms with van der Waals surface area (Å²) in [6.45, 7) is 3.67. The van der Waals surface area contributed by atoms with Crippen molar-refractivity contribution in [2.75, 3.05) is 5.75 Å². The molecule has 166 valence electrons. The number of amides is 1. The van der Waals surface area contributed by atoms with Crippen LogP contribution in [0, 0.1) is 6.92 Å². The van der Waals surface area contributed by atoms with Crippen LogP contribution in [0.15, 0.2) is 87.8 Å². The number of phenols is 1. The number of fused-ring (bicyclic) bond motifs is 1. The Balaban J connectivity index is 1.59. The minimum absolute atomic E-state index is 0.00813. The highest BCUT2D eigenvalue weighted by Crippen LogP contribution is 2.22. The second kappa shape index (κ2) is 9.70. The largest absolute Gasteiger partial charge is 0.507 e. The third kappa shape index (κ3) is 4.96. The normalized spacial score (nSPS) is 11.5. The number of hydrazone groups is 1. The number of nitrogens with zero attached hydrogens (tertiary/aromatic N) is 3. The summed E-state index contributed by atoms with van der Waals surface area (Å²) in [5, 5.41) is 14.9. The fourth-order valence-electron chi connectivity index (χ4n) is 3.28. The van der Waals surface area contributed by atoms with Gasteiger partial charge in [-0.1, -0.05) is 53.7 Å². The molecule has 1 amide bonds. The molecule has 0 atom stereocenters. The smallest absolute Gasteiger partial charge is 0.266 e. The monoisotopic (exact) mass is 458 g/mol. The molecule has 33 heavy (non-hydrogen) atoms. The van der Waals surface area contributed by atoms with Crippen molar-refractivity contribution in [3.8, 4) is 11.4 Å². The molecule has 0 saturated heterocycles. The first-order valence-electron chi connectivity index (χ1n) is 10.3. The van der Waals surface area contributed by atoms with Gasteiger partial charge in [0, 0.05) is 5.56 Å². The molecule has 1 heterocycles. The Morgan fingerprint density at radius 1 is 1.06 bits per heavy atom. The zero-order chi connectivity index (χ0) is 23.4. The SMILES string of the molecule is C/C(=N\NC(=O)CSc1nc2ccccc2c(=O)n1-c1ccc(C)cc1)c1ccccc1O. The summed E-state index contributed by atoms with van der Waals surface area (Å²) in [6.07, 6.45) is 0. The number of hydrogen-bond donors (Lipinski definition) is 2. The minimum Gasteiger partial charge on any atom is -0.507 e. The van der Waals surface area contributed by atoms with Crippen LogP contribution >= 0.6 is 11.8 Å². The van der Waals surface area contributed by atoms with Gasteiger partial charge in [-0.25, -0.2) is 10.4 Å². The van der Waals surface area contributed by atoms with Crippen molar-refractivity contribution >= 4 is 34.3 Å². The van der Waals surface area contributed by atoms with E-state index in [1.54, 1.807) is 49.4 Å². The molecular formula is C25H22N4O3S. The number of carbonyl (C=O) groups is 1. The van der Waals surface area contributed by atoms with Gasteiger partial charge in [0.2, 0.25) is 0 Å². The Morgan fingerprint density at radius 2 is 1.76 bits per heavy atom. The lowest BCUT2D eigenvalue weighted by Gasteiger charge is -2.13. The molecule has 0 unspecified atom stereocenters. The van der Waals surface area contributed by atoms with Crippen molar-refractivity contribution in [3.05, 3.63) is 94.3 Å². The predicted octanol–water partition coefficient (Wildman–Crippen LogP) is 4.03. The van der Waals surface area contributed by atoms with Gasteiger partial charge >= 0.3 is 0 Å². The van der Waals surface area contributed by atoms with Crippen molar-refractivity contribution in [2.45, 2.75) is 19.0 Å². The molecule has 0 spiro atoms. The van der Waals surface area contributed by atoms with E-state index in [0.717, 1.165) is 17.3 Å². The lowest BCUT2D eigenvalue weighted by atomic mass is 10.1. The quantitative estimate of drug-likeness (QED) is 0.197. The number of nitrogens with one attached hydrogen (secondary N) is 1. The van der Waals surface area contributed by atoms with Gasteiger partial charge in [-0.2, -0.15) is 5.10 Å². The highest BCUT2D eigenvalue weighted by atomic mass is 32.2. The first-order valence-corrected chi connectivity index (χ1v) is 11.3. The van der Waals surface area contributed by atoms with E-state index in [0.29, 0.717) is 33.0 Å². The molecule has 0 aliphatic rings. The third-order valence-electron chi connectivity index (χ3n) is 5.01. The third-order valence-corrected chi connectivity index (χ3v) is 5.95. The highest BCUT2D eigenvalue weighted by Gasteiger charge is 2.15. The number of phenolic OH excluding ortho intramolecular Hbond substituents is 1. The van der Waals surface area contributed by atoms with Gasteiger partial charge < -0.3 is 5.11 Å². The van der Waals surface area contributed by atoms with E-state index in [-0.39, 0.29) is 23.0 Å². The Bertz CT molecular complexity index is 1410. The molecule has 2 N–H and O–H groups in total. The molecule has 0 radical (unpaired) electrons. The number of aromatic hydroxyl groups is 1. The molecule has 7 nitrogen and oxygen atoms in total. The molecule has 4 rings (SSSR count). The van der Waals surface area contributed by atoms with E-state index in [1.807, 2.05) is 37.3 Å². The molecule has 0 fully saturated rings. The van der Waals surface area contributed by atoms with E-state index < -0.39 is 0 Å². The van der Waals surface area contributed by atoms with E-state index in [1.165, 1.54) is 4.57 Å². The van der Waals surface area contributed by atoms with Gasteiger partial charge in [0.15, 0.2) is 5.16 Å². The van der Waals surface area contributed by atoms with Gasteiger partial charge in [0.25, 0.3) is 11.5 Å². The van der Waals surface area contributed by atoms with Crippen LogP contribution in [0.25, 0.3) is 16.6 Å². The first-order chi connectivity index (χ1) is 15.9. The molecular weight excluding hydrogens is 436 g/mol. The molecule has 3 aromatic carbocycles. The van der Waals surface area contributed by atoms with Crippen LogP contribution in [0.2, 0.25) is 0 Å². The maximum absolute atomic E-state index is 13.2. The molecule has 4 aromatic rings. The zero-order valence-corrected chi connectivity index (χ0v) is 19.0. The second-order valence-corrected chi connectivity index (χ2v) is 8.37. The standard InChI is InChI=1S/C25H22N4O3S/c1-16-11-13-18(14-12-16)29-24(32)20-8-3-5-9-21(20)26-25(29)33-15-23(31)28-27-17(2)19-7-4-6-10-22(19)30/h3-14,30H,15H2,1-2H3,(H,28,31)/b27-17+.